The Labute approximate surface area is 143 Å². The number of hydrogen-bond donors (Lipinski definition) is 1. The van der Waals surface area contributed by atoms with Crippen molar-refractivity contribution in [2.45, 2.75) is 31.5 Å². The molecule has 1 spiro atoms. The number of piperidine rings is 1. The molecule has 1 aromatic rings. The minimum absolute atomic E-state index is 0.00510. The lowest BCUT2D eigenvalue weighted by molar-refractivity contribution is -0.135. The van der Waals surface area contributed by atoms with Crippen LogP contribution in [0.15, 0.2) is 24.3 Å². The number of carbonyl (C=O) groups is 1. The number of aliphatic hydroxyl groups is 1. The SMILES string of the molecule is Cc1ccccc1N1CC2C(O)N(C)C(=O)C2C12CCN(C)CC2. The van der Waals surface area contributed by atoms with E-state index in [-0.39, 0.29) is 23.3 Å². The van der Waals surface area contributed by atoms with Gasteiger partial charge in [-0.15, -0.1) is 0 Å². The quantitative estimate of drug-likeness (QED) is 0.844. The highest BCUT2D eigenvalue weighted by atomic mass is 16.3. The molecule has 130 valence electrons. The highest BCUT2D eigenvalue weighted by Crippen LogP contribution is 2.52. The largest absolute Gasteiger partial charge is 0.373 e. The van der Waals surface area contributed by atoms with Crippen molar-refractivity contribution >= 4 is 11.6 Å². The summed E-state index contributed by atoms with van der Waals surface area (Å²) >= 11 is 0. The number of fused-ring (bicyclic) bond motifs is 2. The van der Waals surface area contributed by atoms with Crippen LogP contribution in [-0.4, -0.2) is 66.3 Å². The molecule has 3 aliphatic heterocycles. The van der Waals surface area contributed by atoms with E-state index in [4.69, 9.17) is 0 Å². The topological polar surface area (TPSA) is 47.0 Å². The van der Waals surface area contributed by atoms with Gasteiger partial charge in [-0.3, -0.25) is 4.79 Å². The molecule has 0 aliphatic carbocycles. The second-order valence-electron chi connectivity index (χ2n) is 7.81. The summed E-state index contributed by atoms with van der Waals surface area (Å²) in [6.45, 7) is 4.89. The van der Waals surface area contributed by atoms with Gasteiger partial charge >= 0.3 is 0 Å². The zero-order chi connectivity index (χ0) is 17.1. The standard InChI is InChI=1S/C19H27N3O2/c1-13-6-4-5-7-15(13)22-12-14-16(18(24)21(3)17(14)23)19(22)8-10-20(2)11-9-19/h4-7,14,16-17,23H,8-12H2,1-3H3. The summed E-state index contributed by atoms with van der Waals surface area (Å²) in [5.74, 6) is 0.0319. The molecule has 0 aromatic heterocycles. The average Bonchev–Trinajstić information content (AvgIpc) is 3.00. The summed E-state index contributed by atoms with van der Waals surface area (Å²) < 4.78 is 0. The summed E-state index contributed by atoms with van der Waals surface area (Å²) in [4.78, 5) is 19.3. The summed E-state index contributed by atoms with van der Waals surface area (Å²) in [6.07, 6.45) is 1.30. The van der Waals surface area contributed by atoms with Crippen molar-refractivity contribution in [1.82, 2.24) is 9.80 Å². The Hall–Kier alpha value is -1.59. The molecule has 4 rings (SSSR count). The van der Waals surface area contributed by atoms with Crippen LogP contribution < -0.4 is 4.90 Å². The van der Waals surface area contributed by atoms with Gasteiger partial charge in [0.2, 0.25) is 5.91 Å². The predicted octanol–water partition coefficient (Wildman–Crippen LogP) is 1.30. The van der Waals surface area contributed by atoms with E-state index in [1.165, 1.54) is 11.3 Å². The monoisotopic (exact) mass is 329 g/mol. The van der Waals surface area contributed by atoms with Gasteiger partial charge in [0.25, 0.3) is 0 Å². The third kappa shape index (κ3) is 2.04. The highest BCUT2D eigenvalue weighted by molar-refractivity contribution is 5.85. The molecule has 3 heterocycles. The predicted molar refractivity (Wildman–Crippen MR) is 93.7 cm³/mol. The molecule has 1 amide bonds. The molecule has 5 nitrogen and oxygen atoms in total. The average molecular weight is 329 g/mol. The minimum atomic E-state index is -0.659. The van der Waals surface area contributed by atoms with E-state index in [0.717, 1.165) is 32.5 Å². The number of benzene rings is 1. The molecular weight excluding hydrogens is 302 g/mol. The fourth-order valence-corrected chi connectivity index (χ4v) is 5.17. The molecular formula is C19H27N3O2. The van der Waals surface area contributed by atoms with Gasteiger partial charge in [-0.1, -0.05) is 18.2 Å². The van der Waals surface area contributed by atoms with Crippen LogP contribution in [0.25, 0.3) is 0 Å². The van der Waals surface area contributed by atoms with Crippen LogP contribution in [-0.2, 0) is 4.79 Å². The number of anilines is 1. The number of nitrogens with zero attached hydrogens (tertiary/aromatic N) is 3. The fourth-order valence-electron chi connectivity index (χ4n) is 5.17. The van der Waals surface area contributed by atoms with E-state index in [9.17, 15) is 9.90 Å². The molecule has 3 fully saturated rings. The zero-order valence-electron chi connectivity index (χ0n) is 14.8. The number of likely N-dealkylation sites (tertiary alicyclic amines) is 2. The number of carbonyl (C=O) groups excluding carboxylic acids is 1. The van der Waals surface area contributed by atoms with Crippen LogP contribution in [0.4, 0.5) is 5.69 Å². The molecule has 0 bridgehead atoms. The summed E-state index contributed by atoms with van der Waals surface area (Å²) in [5.41, 5.74) is 2.30. The molecule has 3 unspecified atom stereocenters. The minimum Gasteiger partial charge on any atom is -0.373 e. The first-order valence-electron chi connectivity index (χ1n) is 8.92. The summed E-state index contributed by atoms with van der Waals surface area (Å²) in [5, 5.41) is 10.6. The van der Waals surface area contributed by atoms with Crippen LogP contribution >= 0.6 is 0 Å². The maximum atomic E-state index is 12.9. The lowest BCUT2D eigenvalue weighted by atomic mass is 9.74. The molecule has 0 saturated carbocycles. The van der Waals surface area contributed by atoms with Crippen molar-refractivity contribution in [3.05, 3.63) is 29.8 Å². The van der Waals surface area contributed by atoms with Gasteiger partial charge in [-0.05, 0) is 38.4 Å². The van der Waals surface area contributed by atoms with Crippen molar-refractivity contribution in [2.75, 3.05) is 38.6 Å². The normalized spacial score (nSPS) is 32.7. The Bertz CT molecular complexity index is 654. The number of amides is 1. The molecule has 3 atom stereocenters. The van der Waals surface area contributed by atoms with Gasteiger partial charge in [-0.2, -0.15) is 0 Å². The molecule has 5 heteroatoms. The van der Waals surface area contributed by atoms with Crippen LogP contribution in [0.3, 0.4) is 0 Å². The van der Waals surface area contributed by atoms with E-state index >= 15 is 0 Å². The Morgan fingerprint density at radius 3 is 2.50 bits per heavy atom. The lowest BCUT2D eigenvalue weighted by Gasteiger charge is -2.48. The van der Waals surface area contributed by atoms with Crippen LogP contribution in [0.5, 0.6) is 0 Å². The molecule has 0 radical (unpaired) electrons. The van der Waals surface area contributed by atoms with E-state index in [0.29, 0.717) is 0 Å². The molecule has 3 saturated heterocycles. The van der Waals surface area contributed by atoms with E-state index in [1.54, 1.807) is 11.9 Å². The third-order valence-corrected chi connectivity index (χ3v) is 6.59. The Balaban J connectivity index is 1.80. The summed E-state index contributed by atoms with van der Waals surface area (Å²) in [6, 6.07) is 8.43. The zero-order valence-corrected chi connectivity index (χ0v) is 14.8. The van der Waals surface area contributed by atoms with Crippen molar-refractivity contribution in [3.63, 3.8) is 0 Å². The maximum Gasteiger partial charge on any atom is 0.230 e. The third-order valence-electron chi connectivity index (χ3n) is 6.59. The highest BCUT2D eigenvalue weighted by Gasteiger charge is 2.63. The van der Waals surface area contributed by atoms with E-state index in [1.807, 2.05) is 0 Å². The van der Waals surface area contributed by atoms with Gasteiger partial charge < -0.3 is 19.8 Å². The first-order chi connectivity index (χ1) is 11.5. The lowest BCUT2D eigenvalue weighted by Crippen LogP contribution is -2.57. The van der Waals surface area contributed by atoms with E-state index in [2.05, 4.69) is 48.0 Å². The van der Waals surface area contributed by atoms with E-state index < -0.39 is 6.23 Å². The van der Waals surface area contributed by atoms with Crippen molar-refractivity contribution in [2.24, 2.45) is 11.8 Å². The van der Waals surface area contributed by atoms with Gasteiger partial charge in [0.05, 0.1) is 11.5 Å². The second-order valence-corrected chi connectivity index (χ2v) is 7.81. The second kappa shape index (κ2) is 5.46. The number of aryl methyl sites for hydroxylation is 1. The molecule has 1 N–H and O–H groups in total. The Morgan fingerprint density at radius 1 is 1.17 bits per heavy atom. The van der Waals surface area contributed by atoms with Crippen LogP contribution in [0, 0.1) is 18.8 Å². The summed E-state index contributed by atoms with van der Waals surface area (Å²) in [7, 11) is 3.89. The maximum absolute atomic E-state index is 12.9. The Morgan fingerprint density at radius 2 is 1.83 bits per heavy atom. The Kier molecular flexibility index (Phi) is 3.62. The number of aliphatic hydroxyl groups excluding tert-OH is 1. The van der Waals surface area contributed by atoms with Crippen molar-refractivity contribution in [3.8, 4) is 0 Å². The molecule has 24 heavy (non-hydrogen) atoms. The van der Waals surface area contributed by atoms with Crippen LogP contribution in [0.2, 0.25) is 0 Å². The first-order valence-corrected chi connectivity index (χ1v) is 8.92. The first kappa shape index (κ1) is 15.9. The van der Waals surface area contributed by atoms with Gasteiger partial charge in [0, 0.05) is 38.3 Å². The van der Waals surface area contributed by atoms with Gasteiger partial charge in [0.1, 0.15) is 6.23 Å². The van der Waals surface area contributed by atoms with Crippen LogP contribution in [0.1, 0.15) is 18.4 Å². The smallest absolute Gasteiger partial charge is 0.230 e. The number of rotatable bonds is 1. The van der Waals surface area contributed by atoms with Crippen molar-refractivity contribution < 1.29 is 9.90 Å². The number of hydrogen-bond acceptors (Lipinski definition) is 4. The van der Waals surface area contributed by atoms with Gasteiger partial charge in [-0.25, -0.2) is 0 Å². The molecule has 3 aliphatic rings. The van der Waals surface area contributed by atoms with Gasteiger partial charge in [0.15, 0.2) is 0 Å². The van der Waals surface area contributed by atoms with Crippen molar-refractivity contribution in [1.29, 1.82) is 0 Å². The molecule has 1 aromatic carbocycles. The number of para-hydroxylation sites is 1. The fraction of sp³-hybridized carbons (Fsp3) is 0.632.